The van der Waals surface area contributed by atoms with E-state index >= 15 is 0 Å². The molecule has 9 heteroatoms. The number of thioether (sulfide) groups is 1. The van der Waals surface area contributed by atoms with Gasteiger partial charge in [-0.2, -0.15) is 4.68 Å². The molecule has 0 saturated heterocycles. The highest BCUT2D eigenvalue weighted by molar-refractivity contribution is 7.99. The topological polar surface area (TPSA) is 72.7 Å². The molecule has 140 valence electrons. The number of hydrogen-bond donors (Lipinski definition) is 1. The van der Waals surface area contributed by atoms with Crippen LogP contribution in [0.25, 0.3) is 5.69 Å². The lowest BCUT2D eigenvalue weighted by Crippen LogP contribution is -2.14. The maximum absolute atomic E-state index is 13.2. The average Bonchev–Trinajstić information content (AvgIpc) is 3.12. The number of amides is 1. The molecular weight excluding hydrogens is 389 g/mol. The molecule has 3 rings (SSSR count). The summed E-state index contributed by atoms with van der Waals surface area (Å²) in [6, 6.07) is 11.9. The number of anilines is 1. The minimum Gasteiger partial charge on any atom is -0.325 e. The predicted molar refractivity (Wildman–Crippen MR) is 104 cm³/mol. The van der Waals surface area contributed by atoms with Crippen LogP contribution in [0.3, 0.4) is 0 Å². The zero-order valence-electron chi connectivity index (χ0n) is 14.7. The molecular formula is C18H17ClFN5OS. The number of halogens is 2. The maximum Gasteiger partial charge on any atom is 0.234 e. The second-order valence-corrected chi connectivity index (χ2v) is 7.43. The summed E-state index contributed by atoms with van der Waals surface area (Å²) in [7, 11) is 0. The summed E-state index contributed by atoms with van der Waals surface area (Å²) in [6.07, 6.45) is 0. The van der Waals surface area contributed by atoms with E-state index in [4.69, 9.17) is 11.6 Å². The average molecular weight is 406 g/mol. The Hall–Kier alpha value is -2.45. The van der Waals surface area contributed by atoms with Gasteiger partial charge < -0.3 is 5.32 Å². The third kappa shape index (κ3) is 4.84. The third-order valence-corrected chi connectivity index (χ3v) is 4.99. The minimum atomic E-state index is -0.535. The minimum absolute atomic E-state index is 0.0470. The van der Waals surface area contributed by atoms with E-state index in [9.17, 15) is 9.18 Å². The summed E-state index contributed by atoms with van der Waals surface area (Å²) in [5.74, 6) is -0.274. The molecule has 1 heterocycles. The molecule has 0 spiro atoms. The first-order valence-electron chi connectivity index (χ1n) is 8.20. The fraction of sp³-hybridized carbons (Fsp3) is 0.222. The second kappa shape index (κ2) is 8.49. The summed E-state index contributed by atoms with van der Waals surface area (Å²) in [5.41, 5.74) is 2.46. The van der Waals surface area contributed by atoms with Crippen molar-refractivity contribution in [2.24, 2.45) is 0 Å². The van der Waals surface area contributed by atoms with E-state index in [1.54, 1.807) is 4.68 Å². The lowest BCUT2D eigenvalue weighted by molar-refractivity contribution is -0.113. The number of nitrogens with zero attached hydrogens (tertiary/aromatic N) is 4. The number of benzene rings is 2. The Morgan fingerprint density at radius 3 is 2.67 bits per heavy atom. The normalized spacial score (nSPS) is 11.0. The molecule has 1 N–H and O–H groups in total. The number of tetrazole rings is 1. The molecule has 0 unspecified atom stereocenters. The van der Waals surface area contributed by atoms with Crippen LogP contribution < -0.4 is 5.32 Å². The fourth-order valence-corrected chi connectivity index (χ4v) is 3.20. The van der Waals surface area contributed by atoms with E-state index in [0.29, 0.717) is 16.8 Å². The number of rotatable bonds is 6. The highest BCUT2D eigenvalue weighted by atomic mass is 35.5. The standard InChI is InChI=1S/C18H17ClFN5OS/c1-11(2)12-3-6-14(7-4-12)25-18(22-23-24-25)27-10-17(26)21-13-5-8-16(20)15(19)9-13/h3-9,11H,10H2,1-2H3,(H,21,26). The van der Waals surface area contributed by atoms with Crippen molar-refractivity contribution < 1.29 is 9.18 Å². The number of carbonyl (C=O) groups excluding carboxylic acids is 1. The van der Waals surface area contributed by atoms with Gasteiger partial charge >= 0.3 is 0 Å². The van der Waals surface area contributed by atoms with E-state index in [1.807, 2.05) is 24.3 Å². The highest BCUT2D eigenvalue weighted by Gasteiger charge is 2.12. The zero-order chi connectivity index (χ0) is 19.4. The summed E-state index contributed by atoms with van der Waals surface area (Å²) < 4.78 is 14.8. The molecule has 0 aliphatic carbocycles. The van der Waals surface area contributed by atoms with Crippen molar-refractivity contribution in [2.75, 3.05) is 11.1 Å². The Kier molecular flexibility index (Phi) is 6.08. The molecule has 0 atom stereocenters. The van der Waals surface area contributed by atoms with Gasteiger partial charge in [-0.25, -0.2) is 4.39 Å². The first-order chi connectivity index (χ1) is 12.9. The lowest BCUT2D eigenvalue weighted by Gasteiger charge is -2.08. The van der Waals surface area contributed by atoms with Gasteiger partial charge in [-0.15, -0.1) is 5.10 Å². The zero-order valence-corrected chi connectivity index (χ0v) is 16.3. The van der Waals surface area contributed by atoms with Gasteiger partial charge in [0.15, 0.2) is 0 Å². The Morgan fingerprint density at radius 2 is 2.00 bits per heavy atom. The van der Waals surface area contributed by atoms with Crippen molar-refractivity contribution in [3.63, 3.8) is 0 Å². The van der Waals surface area contributed by atoms with Gasteiger partial charge in [-0.1, -0.05) is 49.3 Å². The van der Waals surface area contributed by atoms with Gasteiger partial charge in [0.05, 0.1) is 16.5 Å². The van der Waals surface area contributed by atoms with Gasteiger partial charge in [0.1, 0.15) is 5.82 Å². The third-order valence-electron chi connectivity index (χ3n) is 3.78. The Bertz CT molecular complexity index is 945. The van der Waals surface area contributed by atoms with Crippen molar-refractivity contribution in [1.82, 2.24) is 20.2 Å². The molecule has 6 nitrogen and oxygen atoms in total. The van der Waals surface area contributed by atoms with Crippen LogP contribution in [-0.2, 0) is 4.79 Å². The summed E-state index contributed by atoms with van der Waals surface area (Å²) in [5, 5.41) is 14.8. The van der Waals surface area contributed by atoms with Crippen molar-refractivity contribution >= 4 is 35.0 Å². The van der Waals surface area contributed by atoms with Crippen molar-refractivity contribution in [2.45, 2.75) is 24.9 Å². The van der Waals surface area contributed by atoms with Crippen LogP contribution in [0.2, 0.25) is 5.02 Å². The summed E-state index contributed by atoms with van der Waals surface area (Å²) in [6.45, 7) is 4.25. The van der Waals surface area contributed by atoms with Gasteiger partial charge in [0.25, 0.3) is 0 Å². The molecule has 0 aliphatic heterocycles. The number of nitrogens with one attached hydrogen (secondary N) is 1. The molecule has 0 saturated carbocycles. The van der Waals surface area contributed by atoms with Crippen LogP contribution in [0, 0.1) is 5.82 Å². The van der Waals surface area contributed by atoms with Gasteiger partial charge in [0.2, 0.25) is 11.1 Å². The molecule has 0 aliphatic rings. The summed E-state index contributed by atoms with van der Waals surface area (Å²) >= 11 is 6.91. The largest absolute Gasteiger partial charge is 0.325 e. The smallest absolute Gasteiger partial charge is 0.234 e. The molecule has 0 bridgehead atoms. The van der Waals surface area contributed by atoms with Crippen molar-refractivity contribution in [3.8, 4) is 5.69 Å². The molecule has 0 fully saturated rings. The molecule has 1 amide bonds. The van der Waals surface area contributed by atoms with Crippen molar-refractivity contribution in [1.29, 1.82) is 0 Å². The van der Waals surface area contributed by atoms with E-state index in [1.165, 1.54) is 35.5 Å². The Morgan fingerprint density at radius 1 is 1.26 bits per heavy atom. The van der Waals surface area contributed by atoms with E-state index < -0.39 is 5.82 Å². The molecule has 27 heavy (non-hydrogen) atoms. The quantitative estimate of drug-likeness (QED) is 0.618. The molecule has 3 aromatic rings. The van der Waals surface area contributed by atoms with Crippen LogP contribution in [-0.4, -0.2) is 31.9 Å². The van der Waals surface area contributed by atoms with Crippen LogP contribution in [0.15, 0.2) is 47.6 Å². The van der Waals surface area contributed by atoms with E-state index in [0.717, 1.165) is 5.69 Å². The maximum atomic E-state index is 13.2. The van der Waals surface area contributed by atoms with Crippen LogP contribution in [0.1, 0.15) is 25.3 Å². The number of carbonyl (C=O) groups is 1. The molecule has 1 aromatic heterocycles. The lowest BCUT2D eigenvalue weighted by atomic mass is 10.0. The monoisotopic (exact) mass is 405 g/mol. The van der Waals surface area contributed by atoms with Gasteiger partial charge in [-0.05, 0) is 52.2 Å². The van der Waals surface area contributed by atoms with Crippen LogP contribution in [0.5, 0.6) is 0 Å². The summed E-state index contributed by atoms with van der Waals surface area (Å²) in [4.78, 5) is 12.1. The Labute approximate surface area is 165 Å². The Balaban J connectivity index is 1.64. The van der Waals surface area contributed by atoms with E-state index in [2.05, 4.69) is 34.7 Å². The number of hydrogen-bond acceptors (Lipinski definition) is 5. The highest BCUT2D eigenvalue weighted by Crippen LogP contribution is 2.22. The second-order valence-electron chi connectivity index (χ2n) is 6.09. The predicted octanol–water partition coefficient (Wildman–Crippen LogP) is 4.31. The van der Waals surface area contributed by atoms with Gasteiger partial charge in [0, 0.05) is 5.69 Å². The van der Waals surface area contributed by atoms with Crippen LogP contribution >= 0.6 is 23.4 Å². The first-order valence-corrected chi connectivity index (χ1v) is 9.57. The fourth-order valence-electron chi connectivity index (χ4n) is 2.33. The number of aromatic nitrogens is 4. The molecule has 2 aromatic carbocycles. The van der Waals surface area contributed by atoms with Crippen LogP contribution in [0.4, 0.5) is 10.1 Å². The SMILES string of the molecule is CC(C)c1ccc(-n2nnnc2SCC(=O)Nc2ccc(F)c(Cl)c2)cc1. The van der Waals surface area contributed by atoms with Crippen molar-refractivity contribution in [3.05, 3.63) is 58.9 Å². The molecule has 0 radical (unpaired) electrons. The van der Waals surface area contributed by atoms with Gasteiger partial charge in [-0.3, -0.25) is 4.79 Å². The first kappa shape index (κ1) is 19.3. The van der Waals surface area contributed by atoms with E-state index in [-0.39, 0.29) is 16.7 Å².